The van der Waals surface area contributed by atoms with Gasteiger partial charge in [0, 0.05) is 0 Å². The molecule has 1 unspecified atom stereocenters. The Hall–Kier alpha value is -0.180. The van der Waals surface area contributed by atoms with Crippen LogP contribution in [0.25, 0.3) is 0 Å². The second-order valence-corrected chi connectivity index (χ2v) is 5.52. The summed E-state index contributed by atoms with van der Waals surface area (Å²) in [5.74, 6) is 2.59. The highest BCUT2D eigenvalue weighted by Crippen LogP contribution is 2.52. The normalized spacial score (nSPS) is 31.2. The van der Waals surface area contributed by atoms with Gasteiger partial charge in [-0.2, -0.15) is 11.8 Å². The first kappa shape index (κ1) is 9.38. The van der Waals surface area contributed by atoms with Crippen LogP contribution in [-0.2, 0) is 4.79 Å². The lowest BCUT2D eigenvalue weighted by atomic mass is 9.90. The van der Waals surface area contributed by atoms with Gasteiger partial charge in [-0.15, -0.1) is 0 Å². The van der Waals surface area contributed by atoms with Crippen molar-refractivity contribution in [3.05, 3.63) is 0 Å². The van der Waals surface area contributed by atoms with Crippen LogP contribution in [0.2, 0.25) is 0 Å². The Bertz CT molecular complexity index is 205. The summed E-state index contributed by atoms with van der Waals surface area (Å²) in [6, 6.07) is 0. The summed E-state index contributed by atoms with van der Waals surface area (Å²) in [6.07, 6.45) is 5.31. The molecular weight excluding hydrogens is 184 g/mol. The van der Waals surface area contributed by atoms with Gasteiger partial charge < -0.3 is 5.11 Å². The predicted molar refractivity (Wildman–Crippen MR) is 54.0 cm³/mol. The maximum absolute atomic E-state index is 11.0. The third kappa shape index (κ3) is 2.01. The van der Waals surface area contributed by atoms with Gasteiger partial charge in [0.2, 0.25) is 0 Å². The SMILES string of the molecule is O=C(O)C1(CC2CCCSC2)CC1. The van der Waals surface area contributed by atoms with Gasteiger partial charge >= 0.3 is 5.97 Å². The van der Waals surface area contributed by atoms with E-state index in [2.05, 4.69) is 0 Å². The molecule has 0 bridgehead atoms. The summed E-state index contributed by atoms with van der Waals surface area (Å²) in [6.45, 7) is 0. The van der Waals surface area contributed by atoms with Gasteiger partial charge in [-0.3, -0.25) is 4.79 Å². The molecule has 1 saturated heterocycles. The average Bonchev–Trinajstić information content (AvgIpc) is 2.87. The average molecular weight is 200 g/mol. The molecule has 0 radical (unpaired) electrons. The molecule has 74 valence electrons. The number of carbonyl (C=O) groups is 1. The second kappa shape index (κ2) is 3.52. The van der Waals surface area contributed by atoms with E-state index < -0.39 is 5.97 Å². The molecule has 1 saturated carbocycles. The van der Waals surface area contributed by atoms with E-state index in [-0.39, 0.29) is 5.41 Å². The van der Waals surface area contributed by atoms with Crippen LogP contribution in [0.3, 0.4) is 0 Å². The molecule has 2 fully saturated rings. The van der Waals surface area contributed by atoms with E-state index in [1.165, 1.54) is 24.3 Å². The van der Waals surface area contributed by atoms with Crippen molar-refractivity contribution in [1.29, 1.82) is 0 Å². The Balaban J connectivity index is 1.86. The highest BCUT2D eigenvalue weighted by atomic mass is 32.2. The van der Waals surface area contributed by atoms with Gasteiger partial charge in [-0.1, -0.05) is 0 Å². The second-order valence-electron chi connectivity index (χ2n) is 4.37. The van der Waals surface area contributed by atoms with E-state index in [1.807, 2.05) is 11.8 Å². The van der Waals surface area contributed by atoms with Crippen LogP contribution < -0.4 is 0 Å². The Kier molecular flexibility index (Phi) is 2.54. The van der Waals surface area contributed by atoms with Crippen LogP contribution in [0.4, 0.5) is 0 Å². The van der Waals surface area contributed by atoms with Crippen LogP contribution >= 0.6 is 11.8 Å². The number of carboxylic acid groups (broad SMARTS) is 1. The van der Waals surface area contributed by atoms with Gasteiger partial charge in [-0.25, -0.2) is 0 Å². The fourth-order valence-corrected chi connectivity index (χ4v) is 3.33. The van der Waals surface area contributed by atoms with Crippen molar-refractivity contribution in [3.8, 4) is 0 Å². The molecule has 0 amide bonds. The minimum absolute atomic E-state index is 0.289. The standard InChI is InChI=1S/C10H16O2S/c11-9(12)10(3-4-10)6-8-2-1-5-13-7-8/h8H,1-7H2,(H,11,12). The number of carboxylic acids is 1. The van der Waals surface area contributed by atoms with Gasteiger partial charge in [0.05, 0.1) is 5.41 Å². The Morgan fingerprint density at radius 2 is 2.31 bits per heavy atom. The minimum Gasteiger partial charge on any atom is -0.481 e. The summed E-state index contributed by atoms with van der Waals surface area (Å²) >= 11 is 1.99. The molecule has 0 aromatic rings. The van der Waals surface area contributed by atoms with E-state index in [0.717, 1.165) is 19.3 Å². The molecule has 1 heterocycles. The van der Waals surface area contributed by atoms with Crippen LogP contribution in [0.1, 0.15) is 32.1 Å². The fourth-order valence-electron chi connectivity index (χ4n) is 2.18. The minimum atomic E-state index is -0.553. The fraction of sp³-hybridized carbons (Fsp3) is 0.900. The maximum Gasteiger partial charge on any atom is 0.309 e. The highest BCUT2D eigenvalue weighted by Gasteiger charge is 2.51. The number of thioether (sulfide) groups is 1. The van der Waals surface area contributed by atoms with Crippen LogP contribution in [0, 0.1) is 11.3 Å². The number of aliphatic carboxylic acids is 1. The lowest BCUT2D eigenvalue weighted by Gasteiger charge is -2.23. The highest BCUT2D eigenvalue weighted by molar-refractivity contribution is 7.99. The van der Waals surface area contributed by atoms with E-state index >= 15 is 0 Å². The molecule has 2 nitrogen and oxygen atoms in total. The zero-order valence-electron chi connectivity index (χ0n) is 7.79. The third-order valence-corrected chi connectivity index (χ3v) is 4.53. The van der Waals surface area contributed by atoms with Crippen molar-refractivity contribution >= 4 is 17.7 Å². The zero-order valence-corrected chi connectivity index (χ0v) is 8.61. The van der Waals surface area contributed by atoms with E-state index in [4.69, 9.17) is 5.11 Å². The third-order valence-electron chi connectivity index (χ3n) is 3.24. The van der Waals surface area contributed by atoms with Gasteiger partial charge in [0.15, 0.2) is 0 Å². The Morgan fingerprint density at radius 1 is 1.54 bits per heavy atom. The number of rotatable bonds is 3. The first-order valence-electron chi connectivity index (χ1n) is 5.04. The molecule has 0 aromatic carbocycles. The zero-order chi connectivity index (χ0) is 9.31. The van der Waals surface area contributed by atoms with Crippen molar-refractivity contribution in [2.45, 2.75) is 32.1 Å². The summed E-state index contributed by atoms with van der Waals surface area (Å²) < 4.78 is 0. The summed E-state index contributed by atoms with van der Waals surface area (Å²) in [4.78, 5) is 11.0. The monoisotopic (exact) mass is 200 g/mol. The molecule has 2 aliphatic rings. The Labute approximate surface area is 83.1 Å². The lowest BCUT2D eigenvalue weighted by molar-refractivity contribution is -0.144. The lowest BCUT2D eigenvalue weighted by Crippen LogP contribution is -2.22. The van der Waals surface area contributed by atoms with Crippen molar-refractivity contribution in [3.63, 3.8) is 0 Å². The van der Waals surface area contributed by atoms with Crippen LogP contribution in [0.5, 0.6) is 0 Å². The molecule has 1 aliphatic carbocycles. The van der Waals surface area contributed by atoms with Crippen LogP contribution in [0.15, 0.2) is 0 Å². The molecule has 0 aromatic heterocycles. The van der Waals surface area contributed by atoms with E-state index in [0.29, 0.717) is 5.92 Å². The molecule has 1 aliphatic heterocycles. The van der Waals surface area contributed by atoms with Gasteiger partial charge in [0.1, 0.15) is 0 Å². The molecule has 1 N–H and O–H groups in total. The van der Waals surface area contributed by atoms with E-state index in [1.54, 1.807) is 0 Å². The maximum atomic E-state index is 11.0. The summed E-state index contributed by atoms with van der Waals surface area (Å²) in [5, 5.41) is 9.03. The molecule has 13 heavy (non-hydrogen) atoms. The molecule has 0 spiro atoms. The van der Waals surface area contributed by atoms with E-state index in [9.17, 15) is 4.79 Å². The predicted octanol–water partition coefficient (Wildman–Crippen LogP) is 2.38. The molecule has 3 heteroatoms. The van der Waals surface area contributed by atoms with Crippen molar-refractivity contribution in [2.75, 3.05) is 11.5 Å². The summed E-state index contributed by atoms with van der Waals surface area (Å²) in [5.41, 5.74) is -0.289. The van der Waals surface area contributed by atoms with Gasteiger partial charge in [0.25, 0.3) is 0 Å². The smallest absolute Gasteiger partial charge is 0.309 e. The topological polar surface area (TPSA) is 37.3 Å². The summed E-state index contributed by atoms with van der Waals surface area (Å²) in [7, 11) is 0. The number of hydrogen-bond donors (Lipinski definition) is 1. The Morgan fingerprint density at radius 3 is 2.77 bits per heavy atom. The van der Waals surface area contributed by atoms with Crippen molar-refractivity contribution in [2.24, 2.45) is 11.3 Å². The number of hydrogen-bond acceptors (Lipinski definition) is 2. The quantitative estimate of drug-likeness (QED) is 0.760. The largest absolute Gasteiger partial charge is 0.481 e. The molecular formula is C10H16O2S. The molecule has 1 atom stereocenters. The first-order chi connectivity index (χ1) is 6.23. The van der Waals surface area contributed by atoms with Crippen molar-refractivity contribution < 1.29 is 9.90 Å². The molecule has 2 rings (SSSR count). The van der Waals surface area contributed by atoms with Gasteiger partial charge in [-0.05, 0) is 49.5 Å². The van der Waals surface area contributed by atoms with Crippen molar-refractivity contribution in [1.82, 2.24) is 0 Å². The van der Waals surface area contributed by atoms with Crippen LogP contribution in [-0.4, -0.2) is 22.6 Å². The first-order valence-corrected chi connectivity index (χ1v) is 6.20.